The van der Waals surface area contributed by atoms with Crippen molar-refractivity contribution in [2.75, 3.05) is 14.2 Å². The third kappa shape index (κ3) is 22.2. The Morgan fingerprint density at radius 3 is 1.48 bits per heavy atom. The zero-order valence-electron chi connectivity index (χ0n) is 12.3. The van der Waals surface area contributed by atoms with Gasteiger partial charge in [-0.3, -0.25) is 0 Å². The van der Waals surface area contributed by atoms with Crippen LogP contribution in [0.2, 0.25) is 0 Å². The van der Waals surface area contributed by atoms with Crippen LogP contribution in [0.1, 0.15) is 5.56 Å². The second-order valence-electron chi connectivity index (χ2n) is 2.33. The van der Waals surface area contributed by atoms with Crippen LogP contribution in [0.4, 0.5) is 0 Å². The standard InChI is InChI=1S/C10H12O2.5CO.Cr/c1-8(11-2)9-6-4-5-7-10(9)12-3;5*1-2;/h4-7H,1H2,2-3H3;;;;;;. The van der Waals surface area contributed by atoms with Crippen LogP contribution >= 0.6 is 0 Å². The Morgan fingerprint density at radius 2 is 1.17 bits per heavy atom. The van der Waals surface area contributed by atoms with Crippen molar-refractivity contribution in [1.29, 1.82) is 0 Å². The molecule has 0 aliphatic heterocycles. The molecule has 0 fully saturated rings. The number of para-hydroxylation sites is 1. The van der Waals surface area contributed by atoms with Crippen LogP contribution in [-0.2, 0) is 45.4 Å². The topological polar surface area (TPSA) is 118 Å². The molecule has 1 rings (SSSR count). The molecule has 1 aromatic carbocycles. The van der Waals surface area contributed by atoms with E-state index in [9.17, 15) is 0 Å². The predicted octanol–water partition coefficient (Wildman–Crippen LogP) is 2.12. The molecule has 0 unspecified atom stereocenters. The van der Waals surface area contributed by atoms with Crippen LogP contribution < -0.4 is 4.74 Å². The fourth-order valence-corrected chi connectivity index (χ4v) is 0.985. The van der Waals surface area contributed by atoms with E-state index in [2.05, 4.69) is 39.8 Å². The molecule has 0 bridgehead atoms. The third-order valence-corrected chi connectivity index (χ3v) is 1.65. The molecule has 0 aromatic heterocycles. The van der Waals surface area contributed by atoms with E-state index >= 15 is 0 Å². The largest absolute Gasteiger partial charge is 0 e. The van der Waals surface area contributed by atoms with Gasteiger partial charge in [-0.25, -0.2) is 0 Å². The van der Waals surface area contributed by atoms with Gasteiger partial charge < -0.3 is 9.47 Å². The summed E-state index contributed by atoms with van der Waals surface area (Å²) in [6, 6.07) is 7.61. The van der Waals surface area contributed by atoms with Crippen molar-refractivity contribution in [3.63, 3.8) is 0 Å². The molecule has 0 heterocycles. The Bertz CT molecular complexity index is 438. The van der Waals surface area contributed by atoms with E-state index in [-0.39, 0.29) is 17.4 Å². The van der Waals surface area contributed by atoms with Crippen molar-refractivity contribution in [2.45, 2.75) is 0 Å². The Balaban J connectivity index is -0.0000000565. The van der Waals surface area contributed by atoms with Crippen molar-refractivity contribution >= 4 is 5.76 Å². The fourth-order valence-electron chi connectivity index (χ4n) is 0.985. The van der Waals surface area contributed by atoms with Gasteiger partial charge >= 0.3 is 56.5 Å². The molecule has 0 saturated carbocycles. The van der Waals surface area contributed by atoms with E-state index in [0.29, 0.717) is 5.76 Å². The van der Waals surface area contributed by atoms with E-state index in [4.69, 9.17) is 32.7 Å². The molecule has 120 valence electrons. The number of benzene rings is 1. The minimum atomic E-state index is 0. The van der Waals surface area contributed by atoms with Gasteiger partial charge in [0, 0.05) is 17.4 Å². The molecule has 0 radical (unpaired) electrons. The van der Waals surface area contributed by atoms with Gasteiger partial charge in [-0.05, 0) is 12.1 Å². The van der Waals surface area contributed by atoms with Crippen molar-refractivity contribution < 1.29 is 50.1 Å². The summed E-state index contributed by atoms with van der Waals surface area (Å²) in [6.45, 7) is 26.2. The molecular formula is C15H12CrO7. The molecule has 0 saturated heterocycles. The normalized spacial score (nSPS) is 5.22. The average Bonchev–Trinajstić information content (AvgIpc) is 2.69. The monoisotopic (exact) mass is 356 g/mol. The van der Waals surface area contributed by atoms with Gasteiger partial charge in [0.25, 0.3) is 0 Å². The Morgan fingerprint density at radius 1 is 0.826 bits per heavy atom. The number of ether oxygens (including phenoxy) is 2. The van der Waals surface area contributed by atoms with Gasteiger partial charge in [0.2, 0.25) is 0 Å². The van der Waals surface area contributed by atoms with Crippen molar-refractivity contribution in [3.05, 3.63) is 69.7 Å². The summed E-state index contributed by atoms with van der Waals surface area (Å²) in [5, 5.41) is 0. The minimum absolute atomic E-state index is 0. The second-order valence-corrected chi connectivity index (χ2v) is 2.33. The quantitative estimate of drug-likeness (QED) is 0.468. The maximum Gasteiger partial charge on any atom is 0 e. The van der Waals surface area contributed by atoms with Crippen LogP contribution in [0.3, 0.4) is 0 Å². The van der Waals surface area contributed by atoms with Crippen LogP contribution in [-0.4, -0.2) is 14.2 Å². The third-order valence-electron chi connectivity index (χ3n) is 1.65. The maximum absolute atomic E-state index is 7.50. The van der Waals surface area contributed by atoms with Crippen molar-refractivity contribution in [2.24, 2.45) is 0 Å². The van der Waals surface area contributed by atoms with E-state index < -0.39 is 0 Å². The second kappa shape index (κ2) is 42.7. The van der Waals surface area contributed by atoms with E-state index in [0.717, 1.165) is 11.3 Å². The number of methoxy groups -OCH3 is 2. The molecule has 23 heavy (non-hydrogen) atoms. The zero-order chi connectivity index (χ0) is 19.0. The average molecular weight is 356 g/mol. The van der Waals surface area contributed by atoms with Crippen LogP contribution in [0.25, 0.3) is 5.76 Å². The first-order chi connectivity index (χ1) is 10.8. The van der Waals surface area contributed by atoms with Gasteiger partial charge in [0.1, 0.15) is 11.5 Å². The molecule has 0 aliphatic carbocycles. The summed E-state index contributed by atoms with van der Waals surface area (Å²) in [5.41, 5.74) is 0.891. The number of rotatable bonds is 3. The molecular weight excluding hydrogens is 344 g/mol. The molecule has 7 nitrogen and oxygen atoms in total. The first-order valence-electron chi connectivity index (χ1n) is 4.68. The Kier molecular flexibility index (Phi) is 69.1. The van der Waals surface area contributed by atoms with Crippen LogP contribution in [0, 0.1) is 33.3 Å². The minimum Gasteiger partial charge on any atom is 0 e. The molecule has 1 aromatic rings. The van der Waals surface area contributed by atoms with E-state index in [1.807, 2.05) is 24.3 Å². The molecule has 0 N–H and O–H groups in total. The Hall–Kier alpha value is -2.21. The van der Waals surface area contributed by atoms with Gasteiger partial charge in [-0.2, -0.15) is 0 Å². The van der Waals surface area contributed by atoms with Crippen molar-refractivity contribution in [1.82, 2.24) is 0 Å². The molecule has 0 amide bonds. The number of hydrogen-bond donors (Lipinski definition) is 0. The molecule has 0 aliphatic rings. The summed E-state index contributed by atoms with van der Waals surface area (Å²) >= 11 is 0. The fraction of sp³-hybridized carbons (Fsp3) is 0.133. The summed E-state index contributed by atoms with van der Waals surface area (Å²) in [5.74, 6) is 1.40. The smallest absolute Gasteiger partial charge is 0 e. The summed E-state index contributed by atoms with van der Waals surface area (Å²) < 4.78 is 47.6. The summed E-state index contributed by atoms with van der Waals surface area (Å²) in [6.07, 6.45) is 0. The maximum atomic E-state index is 7.50. The van der Waals surface area contributed by atoms with E-state index in [1.54, 1.807) is 14.2 Å². The zero-order valence-corrected chi connectivity index (χ0v) is 13.6. The molecule has 8 heteroatoms. The van der Waals surface area contributed by atoms with Gasteiger partial charge in [-0.1, -0.05) is 18.7 Å². The van der Waals surface area contributed by atoms with Gasteiger partial charge in [-0.15, -0.1) is 0 Å². The van der Waals surface area contributed by atoms with Crippen LogP contribution in [0.5, 0.6) is 5.75 Å². The summed E-state index contributed by atoms with van der Waals surface area (Å²) in [4.78, 5) is 0. The summed E-state index contributed by atoms with van der Waals surface area (Å²) in [7, 11) is 3.22. The molecule has 0 spiro atoms. The first kappa shape index (κ1) is 37.2. The first-order valence-corrected chi connectivity index (χ1v) is 4.68. The Labute approximate surface area is 146 Å². The van der Waals surface area contributed by atoms with Gasteiger partial charge in [0.05, 0.1) is 19.8 Å². The predicted molar refractivity (Wildman–Crippen MR) is 68.7 cm³/mol. The van der Waals surface area contributed by atoms with E-state index in [1.165, 1.54) is 0 Å². The van der Waals surface area contributed by atoms with Crippen LogP contribution in [0.15, 0.2) is 30.8 Å². The SMILES string of the molecule is C=C(OC)c1ccccc1OC.[C-]#[O+].[C-]#[O+].[C-]#[O+].[C-]#[O+].[C-]#[O+].[Cr]. The van der Waals surface area contributed by atoms with Gasteiger partial charge in [0.15, 0.2) is 0 Å². The molecule has 0 atom stereocenters. The number of hydrogen-bond acceptors (Lipinski definition) is 2. The van der Waals surface area contributed by atoms with Crippen molar-refractivity contribution in [3.8, 4) is 5.75 Å².